The Morgan fingerprint density at radius 2 is 1.72 bits per heavy atom. The number of carbonyl (C=O) groups excluding carboxylic acids is 5. The number of rotatable bonds is 7. The first-order valence-corrected chi connectivity index (χ1v) is 8.17. The van der Waals surface area contributed by atoms with Gasteiger partial charge in [-0.1, -0.05) is 0 Å². The summed E-state index contributed by atoms with van der Waals surface area (Å²) in [5.74, 6) is -1.28. The minimum atomic E-state index is -0.340. The van der Waals surface area contributed by atoms with Crippen molar-refractivity contribution in [1.29, 1.82) is 0 Å². The number of ketones is 1. The summed E-state index contributed by atoms with van der Waals surface area (Å²) in [6, 6.07) is -0.316. The lowest BCUT2D eigenvalue weighted by atomic mass is 10.1. The molecule has 0 aromatic rings. The topological polar surface area (TPSA) is 104 Å². The molecule has 2 heterocycles. The number of hydrogen-bond donors (Lipinski definition) is 1. The lowest BCUT2D eigenvalue weighted by Gasteiger charge is -2.27. The molecule has 0 fully saturated rings. The first kappa shape index (κ1) is 18.6. The van der Waals surface area contributed by atoms with E-state index in [-0.39, 0.29) is 55.0 Å². The zero-order chi connectivity index (χ0) is 18.4. The molecule has 8 nitrogen and oxygen atoms in total. The molecule has 2 aliphatic rings. The van der Waals surface area contributed by atoms with Crippen LogP contribution in [0.25, 0.3) is 0 Å². The summed E-state index contributed by atoms with van der Waals surface area (Å²) in [7, 11) is 0. The summed E-state index contributed by atoms with van der Waals surface area (Å²) >= 11 is 0. The molecular formula is C17H21N3O5. The maximum atomic E-state index is 12.0. The Bertz CT molecular complexity index is 635. The SMILES string of the molecule is CC(=O)NC(CCCN1C(=O)C=CC1=O)CN1CCC(=O)C=CC1=O. The van der Waals surface area contributed by atoms with E-state index < -0.39 is 0 Å². The van der Waals surface area contributed by atoms with Crippen LogP contribution in [0.15, 0.2) is 24.3 Å². The number of amides is 4. The Balaban J connectivity index is 1.89. The second kappa shape index (κ2) is 8.36. The Morgan fingerprint density at radius 3 is 2.36 bits per heavy atom. The molecule has 4 amide bonds. The third-order valence-corrected chi connectivity index (χ3v) is 4.03. The molecule has 0 saturated heterocycles. The largest absolute Gasteiger partial charge is 0.352 e. The highest BCUT2D eigenvalue weighted by Crippen LogP contribution is 2.10. The number of nitrogens with one attached hydrogen (secondary N) is 1. The Labute approximate surface area is 145 Å². The molecule has 0 saturated carbocycles. The van der Waals surface area contributed by atoms with Crippen LogP contribution in [0.1, 0.15) is 26.2 Å². The van der Waals surface area contributed by atoms with Gasteiger partial charge in [-0.2, -0.15) is 0 Å². The minimum absolute atomic E-state index is 0.106. The van der Waals surface area contributed by atoms with E-state index >= 15 is 0 Å². The third kappa shape index (κ3) is 5.37. The van der Waals surface area contributed by atoms with Crippen molar-refractivity contribution in [3.63, 3.8) is 0 Å². The molecule has 0 aliphatic carbocycles. The quantitative estimate of drug-likeness (QED) is 0.629. The molecule has 1 unspecified atom stereocenters. The zero-order valence-electron chi connectivity index (χ0n) is 14.1. The average Bonchev–Trinajstić information content (AvgIpc) is 2.77. The van der Waals surface area contributed by atoms with Gasteiger partial charge in [-0.25, -0.2) is 0 Å². The molecule has 134 valence electrons. The predicted octanol–water partition coefficient (Wildman–Crippen LogP) is -0.446. The lowest BCUT2D eigenvalue weighted by molar-refractivity contribution is -0.137. The fourth-order valence-electron chi connectivity index (χ4n) is 2.80. The van der Waals surface area contributed by atoms with Crippen LogP contribution in [0.3, 0.4) is 0 Å². The molecule has 0 radical (unpaired) electrons. The van der Waals surface area contributed by atoms with Crippen molar-refractivity contribution in [2.75, 3.05) is 19.6 Å². The third-order valence-electron chi connectivity index (χ3n) is 4.03. The van der Waals surface area contributed by atoms with Gasteiger partial charge in [0.05, 0.1) is 0 Å². The van der Waals surface area contributed by atoms with Crippen LogP contribution in [-0.2, 0) is 24.0 Å². The smallest absolute Gasteiger partial charge is 0.253 e. The summed E-state index contributed by atoms with van der Waals surface area (Å²) in [6.45, 7) is 2.22. The van der Waals surface area contributed by atoms with E-state index in [1.165, 1.54) is 36.1 Å². The number of allylic oxidation sites excluding steroid dienone is 1. The Kier molecular flexibility index (Phi) is 6.21. The van der Waals surface area contributed by atoms with Gasteiger partial charge < -0.3 is 10.2 Å². The van der Waals surface area contributed by atoms with Gasteiger partial charge >= 0.3 is 0 Å². The second-order valence-electron chi connectivity index (χ2n) is 6.04. The lowest BCUT2D eigenvalue weighted by Crippen LogP contribution is -2.45. The molecule has 1 atom stereocenters. The van der Waals surface area contributed by atoms with Gasteiger partial charge in [-0.15, -0.1) is 0 Å². The van der Waals surface area contributed by atoms with Crippen molar-refractivity contribution in [1.82, 2.24) is 15.1 Å². The van der Waals surface area contributed by atoms with E-state index in [0.717, 1.165) is 4.90 Å². The van der Waals surface area contributed by atoms with E-state index in [4.69, 9.17) is 0 Å². The summed E-state index contributed by atoms with van der Waals surface area (Å²) in [4.78, 5) is 60.5. The predicted molar refractivity (Wildman–Crippen MR) is 88.0 cm³/mol. The molecule has 1 N–H and O–H groups in total. The fraction of sp³-hybridized carbons (Fsp3) is 0.471. The summed E-state index contributed by atoms with van der Waals surface area (Å²) < 4.78 is 0. The van der Waals surface area contributed by atoms with Crippen LogP contribution in [-0.4, -0.2) is 64.9 Å². The van der Waals surface area contributed by atoms with Gasteiger partial charge in [0.1, 0.15) is 0 Å². The van der Waals surface area contributed by atoms with Gasteiger partial charge in [0.2, 0.25) is 11.8 Å². The fourth-order valence-corrected chi connectivity index (χ4v) is 2.80. The van der Waals surface area contributed by atoms with E-state index in [1.54, 1.807) is 0 Å². The Hall–Kier alpha value is -2.77. The standard InChI is InChI=1S/C17H21N3O5/c1-12(21)18-13(3-2-9-20-16(24)6-7-17(20)25)11-19-10-8-14(22)4-5-15(19)23/h4-7,13H,2-3,8-11H2,1H3,(H,18,21). The molecule has 2 aliphatic heterocycles. The Morgan fingerprint density at radius 1 is 1.08 bits per heavy atom. The van der Waals surface area contributed by atoms with Crippen molar-refractivity contribution in [3.05, 3.63) is 24.3 Å². The minimum Gasteiger partial charge on any atom is -0.352 e. The molecule has 2 rings (SSSR count). The number of hydrogen-bond acceptors (Lipinski definition) is 5. The molecule has 0 aromatic heterocycles. The van der Waals surface area contributed by atoms with Gasteiger partial charge in [0.15, 0.2) is 5.78 Å². The monoisotopic (exact) mass is 347 g/mol. The first-order chi connectivity index (χ1) is 11.9. The normalized spacial score (nSPS) is 18.8. The van der Waals surface area contributed by atoms with Gasteiger partial charge in [0.25, 0.3) is 11.8 Å². The summed E-state index contributed by atoms with van der Waals surface area (Å²) in [5, 5.41) is 2.78. The molecule has 0 bridgehead atoms. The molecule has 25 heavy (non-hydrogen) atoms. The van der Waals surface area contributed by atoms with Crippen LogP contribution in [0, 0.1) is 0 Å². The van der Waals surface area contributed by atoms with E-state index in [1.807, 2.05) is 0 Å². The van der Waals surface area contributed by atoms with Crippen molar-refractivity contribution in [2.45, 2.75) is 32.2 Å². The maximum Gasteiger partial charge on any atom is 0.253 e. The molecule has 0 spiro atoms. The number of carbonyl (C=O) groups is 5. The zero-order valence-corrected chi connectivity index (χ0v) is 14.1. The van der Waals surface area contributed by atoms with Crippen molar-refractivity contribution in [3.8, 4) is 0 Å². The summed E-state index contributed by atoms with van der Waals surface area (Å²) in [5.41, 5.74) is 0. The van der Waals surface area contributed by atoms with Crippen LogP contribution >= 0.6 is 0 Å². The van der Waals surface area contributed by atoms with Crippen molar-refractivity contribution in [2.24, 2.45) is 0 Å². The maximum absolute atomic E-state index is 12.0. The van der Waals surface area contributed by atoms with Crippen LogP contribution in [0.2, 0.25) is 0 Å². The first-order valence-electron chi connectivity index (χ1n) is 8.17. The van der Waals surface area contributed by atoms with Gasteiger partial charge in [-0.3, -0.25) is 28.9 Å². The second-order valence-corrected chi connectivity index (χ2v) is 6.04. The molecule has 8 heteroatoms. The number of imide groups is 1. The van der Waals surface area contributed by atoms with Crippen molar-refractivity contribution < 1.29 is 24.0 Å². The van der Waals surface area contributed by atoms with E-state index in [2.05, 4.69) is 5.32 Å². The van der Waals surface area contributed by atoms with Crippen molar-refractivity contribution >= 4 is 29.4 Å². The number of nitrogens with zero attached hydrogens (tertiary/aromatic N) is 2. The van der Waals surface area contributed by atoms with Crippen LogP contribution in [0.4, 0.5) is 0 Å². The molecule has 0 aromatic carbocycles. The highest BCUT2D eigenvalue weighted by atomic mass is 16.2. The van der Waals surface area contributed by atoms with E-state index in [0.29, 0.717) is 19.4 Å². The highest BCUT2D eigenvalue weighted by Gasteiger charge is 2.24. The van der Waals surface area contributed by atoms with Crippen LogP contribution < -0.4 is 5.32 Å². The van der Waals surface area contributed by atoms with E-state index in [9.17, 15) is 24.0 Å². The van der Waals surface area contributed by atoms with Gasteiger partial charge in [-0.05, 0) is 18.9 Å². The van der Waals surface area contributed by atoms with Crippen LogP contribution in [0.5, 0.6) is 0 Å². The highest BCUT2D eigenvalue weighted by molar-refractivity contribution is 6.12. The summed E-state index contributed by atoms with van der Waals surface area (Å²) in [6.07, 6.45) is 6.22. The molecular weight excluding hydrogens is 326 g/mol. The average molecular weight is 347 g/mol. The van der Waals surface area contributed by atoms with Gasteiger partial charge in [0, 0.05) is 57.2 Å².